The summed E-state index contributed by atoms with van der Waals surface area (Å²) in [6, 6.07) is 18.2. The fourth-order valence-corrected chi connectivity index (χ4v) is 3.06. The van der Waals surface area contributed by atoms with Gasteiger partial charge in [-0.05, 0) is 42.8 Å². The van der Waals surface area contributed by atoms with E-state index >= 15 is 0 Å². The fourth-order valence-electron chi connectivity index (χ4n) is 2.22. The SMILES string of the molecule is OCCCSc1ccc(NCc2coc(-c3ccccc3)n2)cc1. The zero-order chi connectivity index (χ0) is 16.6. The van der Waals surface area contributed by atoms with Crippen LogP contribution in [0, 0.1) is 0 Å². The van der Waals surface area contributed by atoms with Crippen LogP contribution in [-0.4, -0.2) is 22.5 Å². The number of hydrogen-bond donors (Lipinski definition) is 2. The average molecular weight is 340 g/mol. The minimum Gasteiger partial charge on any atom is -0.444 e. The molecule has 2 aromatic carbocycles. The summed E-state index contributed by atoms with van der Waals surface area (Å²) in [5, 5.41) is 12.2. The zero-order valence-electron chi connectivity index (χ0n) is 13.3. The molecule has 4 nitrogen and oxygen atoms in total. The van der Waals surface area contributed by atoms with Crippen LogP contribution in [0.25, 0.3) is 11.5 Å². The lowest BCUT2D eigenvalue weighted by atomic mass is 10.2. The van der Waals surface area contributed by atoms with Gasteiger partial charge in [-0.1, -0.05) is 18.2 Å². The molecule has 24 heavy (non-hydrogen) atoms. The molecule has 1 aromatic heterocycles. The Kier molecular flexibility index (Phi) is 5.93. The molecule has 5 heteroatoms. The summed E-state index contributed by atoms with van der Waals surface area (Å²) in [6.07, 6.45) is 2.51. The maximum absolute atomic E-state index is 8.80. The second-order valence-electron chi connectivity index (χ2n) is 5.31. The van der Waals surface area contributed by atoms with Gasteiger partial charge in [-0.3, -0.25) is 0 Å². The van der Waals surface area contributed by atoms with Gasteiger partial charge in [0.2, 0.25) is 5.89 Å². The highest BCUT2D eigenvalue weighted by molar-refractivity contribution is 7.99. The van der Waals surface area contributed by atoms with Gasteiger partial charge in [0.25, 0.3) is 0 Å². The molecule has 0 aliphatic carbocycles. The first kappa shape index (κ1) is 16.6. The number of thioether (sulfide) groups is 1. The summed E-state index contributed by atoms with van der Waals surface area (Å²) >= 11 is 1.75. The van der Waals surface area contributed by atoms with E-state index in [9.17, 15) is 0 Å². The van der Waals surface area contributed by atoms with Gasteiger partial charge in [-0.15, -0.1) is 11.8 Å². The highest BCUT2D eigenvalue weighted by atomic mass is 32.2. The van der Waals surface area contributed by atoms with Crippen molar-refractivity contribution in [2.75, 3.05) is 17.7 Å². The fraction of sp³-hybridized carbons (Fsp3) is 0.211. The molecule has 0 unspecified atom stereocenters. The highest BCUT2D eigenvalue weighted by Gasteiger charge is 2.06. The van der Waals surface area contributed by atoms with Crippen molar-refractivity contribution in [2.24, 2.45) is 0 Å². The highest BCUT2D eigenvalue weighted by Crippen LogP contribution is 2.22. The van der Waals surface area contributed by atoms with Gasteiger partial charge in [-0.25, -0.2) is 4.98 Å². The minimum absolute atomic E-state index is 0.245. The molecule has 0 saturated heterocycles. The van der Waals surface area contributed by atoms with Crippen LogP contribution in [0.5, 0.6) is 0 Å². The van der Waals surface area contributed by atoms with Crippen LogP contribution in [0.15, 0.2) is 70.2 Å². The van der Waals surface area contributed by atoms with Crippen LogP contribution < -0.4 is 5.32 Å². The normalized spacial score (nSPS) is 10.7. The summed E-state index contributed by atoms with van der Waals surface area (Å²) in [5.74, 6) is 1.58. The summed E-state index contributed by atoms with van der Waals surface area (Å²) in [5.41, 5.74) is 2.90. The average Bonchev–Trinajstić information content (AvgIpc) is 3.11. The van der Waals surface area contributed by atoms with Crippen molar-refractivity contribution in [3.8, 4) is 11.5 Å². The predicted molar refractivity (Wildman–Crippen MR) is 98.1 cm³/mol. The molecule has 1 heterocycles. The molecule has 0 aliphatic heterocycles. The molecule has 3 rings (SSSR count). The van der Waals surface area contributed by atoms with Crippen molar-refractivity contribution in [1.82, 2.24) is 4.98 Å². The van der Waals surface area contributed by atoms with E-state index in [4.69, 9.17) is 9.52 Å². The van der Waals surface area contributed by atoms with Crippen LogP contribution in [-0.2, 0) is 6.54 Å². The lowest BCUT2D eigenvalue weighted by Crippen LogP contribution is -1.99. The molecule has 3 aromatic rings. The number of anilines is 1. The molecular formula is C19H20N2O2S. The molecule has 0 saturated carbocycles. The van der Waals surface area contributed by atoms with Crippen molar-refractivity contribution in [3.63, 3.8) is 0 Å². The third kappa shape index (κ3) is 4.63. The van der Waals surface area contributed by atoms with Crippen LogP contribution >= 0.6 is 11.8 Å². The van der Waals surface area contributed by atoms with E-state index in [1.807, 2.05) is 30.3 Å². The third-order valence-corrected chi connectivity index (χ3v) is 4.57. The molecular weight excluding hydrogens is 320 g/mol. The maximum atomic E-state index is 8.80. The maximum Gasteiger partial charge on any atom is 0.226 e. The number of aliphatic hydroxyl groups is 1. The largest absolute Gasteiger partial charge is 0.444 e. The van der Waals surface area contributed by atoms with Gasteiger partial charge >= 0.3 is 0 Å². The summed E-state index contributed by atoms with van der Waals surface area (Å²) in [6.45, 7) is 0.864. The van der Waals surface area contributed by atoms with Crippen LogP contribution in [0.1, 0.15) is 12.1 Å². The number of aromatic nitrogens is 1. The van der Waals surface area contributed by atoms with E-state index in [0.29, 0.717) is 12.4 Å². The van der Waals surface area contributed by atoms with Crippen molar-refractivity contribution in [2.45, 2.75) is 17.9 Å². The Labute approximate surface area is 145 Å². The van der Waals surface area contributed by atoms with Crippen LogP contribution in [0.2, 0.25) is 0 Å². The second-order valence-corrected chi connectivity index (χ2v) is 6.48. The Balaban J connectivity index is 1.53. The standard InChI is InChI=1S/C19H20N2O2S/c22-11-4-12-24-18-9-7-16(8-10-18)20-13-17-14-23-19(21-17)15-5-2-1-3-6-15/h1-3,5-10,14,20,22H,4,11-13H2. The third-order valence-electron chi connectivity index (χ3n) is 3.47. The molecule has 0 spiro atoms. The van der Waals surface area contributed by atoms with Crippen LogP contribution in [0.4, 0.5) is 5.69 Å². The molecule has 2 N–H and O–H groups in total. The summed E-state index contributed by atoms with van der Waals surface area (Å²) in [7, 11) is 0. The molecule has 124 valence electrons. The number of aliphatic hydroxyl groups excluding tert-OH is 1. The molecule has 0 fully saturated rings. The van der Waals surface area contributed by atoms with Gasteiger partial charge in [0.05, 0.1) is 12.2 Å². The first-order valence-corrected chi connectivity index (χ1v) is 8.91. The number of hydrogen-bond acceptors (Lipinski definition) is 5. The minimum atomic E-state index is 0.245. The topological polar surface area (TPSA) is 58.3 Å². The van der Waals surface area contributed by atoms with Gasteiger partial charge < -0.3 is 14.8 Å². The summed E-state index contributed by atoms with van der Waals surface area (Å²) < 4.78 is 5.54. The van der Waals surface area contributed by atoms with E-state index in [1.165, 1.54) is 4.90 Å². The van der Waals surface area contributed by atoms with Crippen molar-refractivity contribution >= 4 is 17.4 Å². The number of nitrogens with zero attached hydrogens (tertiary/aromatic N) is 1. The van der Waals surface area contributed by atoms with Crippen LogP contribution in [0.3, 0.4) is 0 Å². The Hall–Kier alpha value is -2.24. The van der Waals surface area contributed by atoms with Gasteiger partial charge in [-0.2, -0.15) is 0 Å². The molecule has 0 bridgehead atoms. The Morgan fingerprint density at radius 2 is 1.83 bits per heavy atom. The van der Waals surface area contributed by atoms with E-state index < -0.39 is 0 Å². The van der Waals surface area contributed by atoms with Gasteiger partial charge in [0.15, 0.2) is 0 Å². The number of oxazole rings is 1. The molecule has 0 radical (unpaired) electrons. The zero-order valence-corrected chi connectivity index (χ0v) is 14.1. The lowest BCUT2D eigenvalue weighted by Gasteiger charge is -2.05. The Morgan fingerprint density at radius 1 is 1.04 bits per heavy atom. The number of nitrogens with one attached hydrogen (secondary N) is 1. The Morgan fingerprint density at radius 3 is 2.58 bits per heavy atom. The first-order chi connectivity index (χ1) is 11.8. The smallest absolute Gasteiger partial charge is 0.226 e. The van der Waals surface area contributed by atoms with E-state index in [1.54, 1.807) is 18.0 Å². The lowest BCUT2D eigenvalue weighted by molar-refractivity contribution is 0.296. The number of rotatable bonds is 8. The van der Waals surface area contributed by atoms with E-state index in [0.717, 1.165) is 29.1 Å². The van der Waals surface area contributed by atoms with E-state index in [-0.39, 0.29) is 6.61 Å². The Bertz CT molecular complexity index is 742. The summed E-state index contributed by atoms with van der Waals surface area (Å²) in [4.78, 5) is 5.72. The first-order valence-electron chi connectivity index (χ1n) is 7.92. The van der Waals surface area contributed by atoms with E-state index in [2.05, 4.69) is 34.6 Å². The molecule has 0 amide bonds. The van der Waals surface area contributed by atoms with Crippen molar-refractivity contribution in [1.29, 1.82) is 0 Å². The molecule has 0 aliphatic rings. The molecule has 0 atom stereocenters. The number of benzene rings is 2. The predicted octanol–water partition coefficient (Wildman–Crippen LogP) is 4.43. The second kappa shape index (κ2) is 8.57. The monoisotopic (exact) mass is 340 g/mol. The van der Waals surface area contributed by atoms with Gasteiger partial charge in [0.1, 0.15) is 6.26 Å². The van der Waals surface area contributed by atoms with Crippen molar-refractivity contribution < 1.29 is 9.52 Å². The quantitative estimate of drug-likeness (QED) is 0.469. The van der Waals surface area contributed by atoms with Crippen molar-refractivity contribution in [3.05, 3.63) is 66.6 Å². The van der Waals surface area contributed by atoms with Gasteiger partial charge in [0, 0.05) is 28.5 Å².